The van der Waals surface area contributed by atoms with Crippen molar-refractivity contribution >= 4 is 17.3 Å². The van der Waals surface area contributed by atoms with Gasteiger partial charge in [0.1, 0.15) is 11.9 Å². The van der Waals surface area contributed by atoms with Gasteiger partial charge in [0.15, 0.2) is 0 Å². The number of nitrogens with two attached hydrogens (primary N) is 1. The van der Waals surface area contributed by atoms with E-state index in [2.05, 4.69) is 0 Å². The summed E-state index contributed by atoms with van der Waals surface area (Å²) in [6.45, 7) is 2.85. The second-order valence-electron chi connectivity index (χ2n) is 6.21. The highest BCUT2D eigenvalue weighted by Crippen LogP contribution is 2.59. The predicted molar refractivity (Wildman–Crippen MR) is 88.2 cm³/mol. The van der Waals surface area contributed by atoms with Crippen molar-refractivity contribution in [2.45, 2.75) is 26.2 Å². The molecule has 0 saturated carbocycles. The fourth-order valence-corrected chi connectivity index (χ4v) is 2.99. The van der Waals surface area contributed by atoms with E-state index in [-0.39, 0.29) is 17.5 Å². The number of alkyl halides is 6. The third kappa shape index (κ3) is 3.23. The van der Waals surface area contributed by atoms with Crippen LogP contribution in [0.25, 0.3) is 0 Å². The first-order valence-corrected chi connectivity index (χ1v) is 7.98. The molecule has 0 aromatic heterocycles. The molecule has 10 heteroatoms. The predicted octanol–water partition coefficient (Wildman–Crippen LogP) is 5.50. The highest BCUT2D eigenvalue weighted by atomic mass is 35.5. The lowest BCUT2D eigenvalue weighted by molar-refractivity contribution is -0.306. The van der Waals surface area contributed by atoms with Crippen LogP contribution in [0, 0.1) is 22.7 Å². The van der Waals surface area contributed by atoms with Crippen LogP contribution in [0.4, 0.5) is 32.0 Å². The molecule has 1 aliphatic rings. The maximum atomic E-state index is 13.7. The summed E-state index contributed by atoms with van der Waals surface area (Å²) in [7, 11) is 0. The van der Waals surface area contributed by atoms with Gasteiger partial charge in [0.2, 0.25) is 5.41 Å². The number of anilines is 1. The lowest BCUT2D eigenvalue weighted by Gasteiger charge is -2.43. The highest BCUT2D eigenvalue weighted by Gasteiger charge is 2.73. The molecule has 1 aromatic rings. The van der Waals surface area contributed by atoms with Gasteiger partial charge in [-0.2, -0.15) is 31.6 Å². The lowest BCUT2D eigenvalue weighted by atomic mass is 9.74. The van der Waals surface area contributed by atoms with Crippen molar-refractivity contribution in [2.75, 3.05) is 4.90 Å². The van der Waals surface area contributed by atoms with Crippen LogP contribution >= 0.6 is 11.6 Å². The molecule has 1 aliphatic heterocycles. The number of hydrogen-bond acceptors (Lipinski definition) is 3. The Morgan fingerprint density at radius 3 is 1.93 bits per heavy atom. The minimum absolute atomic E-state index is 0.0428. The van der Waals surface area contributed by atoms with Gasteiger partial charge in [0.05, 0.1) is 5.57 Å². The van der Waals surface area contributed by atoms with Crippen molar-refractivity contribution in [3.8, 4) is 6.07 Å². The molecule has 2 rings (SSSR count). The van der Waals surface area contributed by atoms with Gasteiger partial charge in [-0.1, -0.05) is 25.4 Å². The Morgan fingerprint density at radius 2 is 1.56 bits per heavy atom. The topological polar surface area (TPSA) is 53.1 Å². The number of halogens is 7. The number of rotatable bonds is 2. The number of allylic oxidation sites excluding steroid dienone is 3. The molecule has 0 amide bonds. The zero-order chi connectivity index (χ0) is 20.8. The van der Waals surface area contributed by atoms with Gasteiger partial charge in [-0.15, -0.1) is 0 Å². The van der Waals surface area contributed by atoms with E-state index >= 15 is 0 Å². The summed E-state index contributed by atoms with van der Waals surface area (Å²) in [6, 6.07) is 6.61. The molecule has 0 atom stereocenters. The standard InChI is InChI=1S/C17H14ClF6N3/c1-9(2)13-7-15(16(19,20)21,17(22,23)24)12(8-25)14(26)27(13)11-5-3-10(18)4-6-11/h3-7,9H,26H2,1-2H3. The summed E-state index contributed by atoms with van der Waals surface area (Å²) >= 11 is 5.78. The normalized spacial score (nSPS) is 17.8. The maximum Gasteiger partial charge on any atom is 0.411 e. The van der Waals surface area contributed by atoms with Crippen LogP contribution in [-0.2, 0) is 0 Å². The summed E-state index contributed by atoms with van der Waals surface area (Å²) in [5.41, 5.74) is -0.545. The third-order valence-electron chi connectivity index (χ3n) is 4.20. The molecular weight excluding hydrogens is 396 g/mol. The van der Waals surface area contributed by atoms with Crippen LogP contribution in [0.2, 0.25) is 5.02 Å². The molecule has 0 aliphatic carbocycles. The van der Waals surface area contributed by atoms with Crippen molar-refractivity contribution < 1.29 is 26.3 Å². The molecule has 2 N–H and O–H groups in total. The van der Waals surface area contributed by atoms with Crippen LogP contribution in [0.3, 0.4) is 0 Å². The number of hydrogen-bond donors (Lipinski definition) is 1. The van der Waals surface area contributed by atoms with Crippen LogP contribution in [0.5, 0.6) is 0 Å². The van der Waals surface area contributed by atoms with E-state index in [4.69, 9.17) is 17.3 Å². The highest BCUT2D eigenvalue weighted by molar-refractivity contribution is 6.30. The molecule has 0 spiro atoms. The van der Waals surface area contributed by atoms with E-state index in [0.717, 1.165) is 11.0 Å². The fourth-order valence-electron chi connectivity index (χ4n) is 2.87. The van der Waals surface area contributed by atoms with E-state index in [1.165, 1.54) is 38.1 Å². The van der Waals surface area contributed by atoms with Crippen LogP contribution in [0.15, 0.2) is 47.4 Å². The van der Waals surface area contributed by atoms with Crippen LogP contribution < -0.4 is 10.6 Å². The molecule has 0 saturated heterocycles. The Balaban J connectivity index is 2.90. The van der Waals surface area contributed by atoms with Crippen LogP contribution in [0.1, 0.15) is 13.8 Å². The number of nitrogens with zero attached hydrogens (tertiary/aromatic N) is 2. The Hall–Kier alpha value is -2.34. The summed E-state index contributed by atoms with van der Waals surface area (Å²) in [5, 5.41) is 9.51. The number of benzene rings is 1. The smallest absolute Gasteiger partial charge is 0.384 e. The van der Waals surface area contributed by atoms with Crippen molar-refractivity contribution in [1.82, 2.24) is 0 Å². The van der Waals surface area contributed by atoms with Gasteiger partial charge in [-0.3, -0.25) is 4.90 Å². The molecule has 1 heterocycles. The van der Waals surface area contributed by atoms with E-state index < -0.39 is 35.1 Å². The summed E-state index contributed by atoms with van der Waals surface area (Å²) in [4.78, 5) is 1.01. The molecule has 0 bridgehead atoms. The summed E-state index contributed by atoms with van der Waals surface area (Å²) < 4.78 is 82.1. The van der Waals surface area contributed by atoms with Gasteiger partial charge < -0.3 is 5.73 Å². The second-order valence-corrected chi connectivity index (χ2v) is 6.65. The van der Waals surface area contributed by atoms with Crippen molar-refractivity contribution in [2.24, 2.45) is 17.1 Å². The third-order valence-corrected chi connectivity index (χ3v) is 4.45. The largest absolute Gasteiger partial charge is 0.411 e. The Labute approximate surface area is 156 Å². The van der Waals surface area contributed by atoms with Gasteiger partial charge in [-0.05, 0) is 36.3 Å². The molecule has 0 unspecified atom stereocenters. The minimum atomic E-state index is -5.81. The monoisotopic (exact) mass is 409 g/mol. The quantitative estimate of drug-likeness (QED) is 0.656. The van der Waals surface area contributed by atoms with E-state index in [1.54, 1.807) is 0 Å². The maximum absolute atomic E-state index is 13.7. The number of nitriles is 1. The molecule has 1 aromatic carbocycles. The van der Waals surface area contributed by atoms with Gasteiger partial charge >= 0.3 is 12.4 Å². The zero-order valence-corrected chi connectivity index (χ0v) is 14.8. The van der Waals surface area contributed by atoms with Crippen LogP contribution in [-0.4, -0.2) is 12.4 Å². The molecule has 3 nitrogen and oxygen atoms in total. The average Bonchev–Trinajstić information content (AvgIpc) is 2.52. The molecule has 0 radical (unpaired) electrons. The first kappa shape index (κ1) is 21.0. The van der Waals surface area contributed by atoms with Gasteiger partial charge in [-0.25, -0.2) is 0 Å². The molecule has 146 valence electrons. The molecular formula is C17H14ClF6N3. The minimum Gasteiger partial charge on any atom is -0.384 e. The summed E-state index contributed by atoms with van der Waals surface area (Å²) in [5.74, 6) is -1.69. The average molecular weight is 410 g/mol. The first-order valence-electron chi connectivity index (χ1n) is 7.60. The second kappa shape index (κ2) is 6.68. The van der Waals surface area contributed by atoms with Crippen molar-refractivity contribution in [3.05, 3.63) is 52.5 Å². The van der Waals surface area contributed by atoms with E-state index in [9.17, 15) is 31.6 Å². The first-order chi connectivity index (χ1) is 12.3. The van der Waals surface area contributed by atoms with Gasteiger partial charge in [0.25, 0.3) is 0 Å². The zero-order valence-electron chi connectivity index (χ0n) is 14.1. The van der Waals surface area contributed by atoms with E-state index in [0.29, 0.717) is 5.02 Å². The molecule has 27 heavy (non-hydrogen) atoms. The van der Waals surface area contributed by atoms with Crippen molar-refractivity contribution in [3.63, 3.8) is 0 Å². The Kier molecular flexibility index (Phi) is 5.18. The van der Waals surface area contributed by atoms with Gasteiger partial charge in [0, 0.05) is 16.4 Å². The van der Waals surface area contributed by atoms with E-state index in [1.807, 2.05) is 0 Å². The summed E-state index contributed by atoms with van der Waals surface area (Å²) in [6.07, 6.45) is -11.6. The lowest BCUT2D eigenvalue weighted by Crippen LogP contribution is -2.54. The Bertz CT molecular complexity index is 814. The van der Waals surface area contributed by atoms with Crippen molar-refractivity contribution in [1.29, 1.82) is 5.26 Å². The molecule has 0 fully saturated rings. The fraction of sp³-hybridized carbons (Fsp3) is 0.353. The SMILES string of the molecule is CC(C)C1=CC(C(F)(F)F)(C(F)(F)F)C(C#N)=C(N)N1c1ccc(Cl)cc1. The Morgan fingerprint density at radius 1 is 1.07 bits per heavy atom.